The van der Waals surface area contributed by atoms with Gasteiger partial charge in [-0.2, -0.15) is 0 Å². The van der Waals surface area contributed by atoms with Crippen LogP contribution < -0.4 is 21.3 Å². The quantitative estimate of drug-likeness (QED) is 0.175. The molecule has 1 aliphatic rings. The van der Waals surface area contributed by atoms with Gasteiger partial charge in [-0.25, -0.2) is 9.59 Å². The minimum atomic E-state index is -0.616. The molecule has 1 saturated heterocycles. The fourth-order valence-electron chi connectivity index (χ4n) is 2.21. The fraction of sp³-hybridized carbons (Fsp3) is 0.765. The number of hydrogen-bond donors (Lipinski definition) is 4. The first-order valence-corrected chi connectivity index (χ1v) is 9.05. The number of nitrogens with one attached hydrogen (secondary N) is 4. The summed E-state index contributed by atoms with van der Waals surface area (Å²) in [6.07, 6.45) is -0.501. The van der Waals surface area contributed by atoms with Crippen LogP contribution in [-0.4, -0.2) is 72.8 Å². The molecule has 0 atom stereocenters. The molecule has 4 N–H and O–H groups in total. The summed E-state index contributed by atoms with van der Waals surface area (Å²) >= 11 is 0. The molecule has 11 heteroatoms. The van der Waals surface area contributed by atoms with Crippen molar-refractivity contribution >= 4 is 48.0 Å². The van der Waals surface area contributed by atoms with Crippen LogP contribution in [0.3, 0.4) is 0 Å². The van der Waals surface area contributed by atoms with Crippen LogP contribution in [0.4, 0.5) is 9.59 Å². The molecule has 0 spiro atoms. The van der Waals surface area contributed by atoms with E-state index in [1.54, 1.807) is 20.8 Å². The van der Waals surface area contributed by atoms with Gasteiger partial charge in [0.15, 0.2) is 5.96 Å². The van der Waals surface area contributed by atoms with Gasteiger partial charge in [0.2, 0.25) is 5.91 Å². The van der Waals surface area contributed by atoms with Gasteiger partial charge in [0, 0.05) is 19.6 Å². The zero-order chi connectivity index (χ0) is 20.7. The highest BCUT2D eigenvalue weighted by molar-refractivity contribution is 14.0. The maximum Gasteiger partial charge on any atom is 0.408 e. The number of halogens is 1. The maximum atomic E-state index is 11.9. The van der Waals surface area contributed by atoms with Gasteiger partial charge in [0.1, 0.15) is 5.60 Å². The zero-order valence-electron chi connectivity index (χ0n) is 17.5. The number of ether oxygens (including phenoxy) is 1. The molecule has 1 aliphatic heterocycles. The van der Waals surface area contributed by atoms with E-state index in [9.17, 15) is 14.4 Å². The first-order chi connectivity index (χ1) is 12.4. The van der Waals surface area contributed by atoms with Gasteiger partial charge in [0.25, 0.3) is 0 Å². The van der Waals surface area contributed by atoms with Crippen LogP contribution >= 0.6 is 24.0 Å². The molecular formula is C17H33IN6O4. The van der Waals surface area contributed by atoms with Crippen molar-refractivity contribution in [1.82, 2.24) is 26.2 Å². The van der Waals surface area contributed by atoms with Crippen LogP contribution in [0, 0.1) is 0 Å². The number of aliphatic imine (C=N–C) groups is 1. The maximum absolute atomic E-state index is 11.9. The van der Waals surface area contributed by atoms with Crippen LogP contribution in [0.1, 0.15) is 41.5 Å². The van der Waals surface area contributed by atoms with Crippen LogP contribution in [0.5, 0.6) is 0 Å². The molecule has 0 saturated carbocycles. The number of carbonyl (C=O) groups is 3. The standard InChI is InChI=1S/C17H32N6O4.HI/c1-7-18-13(19-8-9-23-12(24)10-20-14(23)25)21-11-17(5,6)22-15(26)27-16(2,3)4;/h7-11H2,1-6H3,(H,20,25)(H,22,26)(H2,18,19,21);1H. The summed E-state index contributed by atoms with van der Waals surface area (Å²) in [4.78, 5) is 40.6. The van der Waals surface area contributed by atoms with Crippen molar-refractivity contribution < 1.29 is 19.1 Å². The Kier molecular flexibility index (Phi) is 10.5. The molecule has 10 nitrogen and oxygen atoms in total. The van der Waals surface area contributed by atoms with E-state index in [1.165, 1.54) is 0 Å². The third kappa shape index (κ3) is 9.95. The second-order valence-corrected chi connectivity index (χ2v) is 7.84. The van der Waals surface area contributed by atoms with Crippen LogP contribution in [0.2, 0.25) is 0 Å². The molecule has 1 heterocycles. The van der Waals surface area contributed by atoms with E-state index in [-0.39, 0.29) is 49.0 Å². The van der Waals surface area contributed by atoms with Gasteiger partial charge in [-0.3, -0.25) is 14.7 Å². The zero-order valence-corrected chi connectivity index (χ0v) is 19.8. The average molecular weight is 512 g/mol. The minimum Gasteiger partial charge on any atom is -0.444 e. The monoisotopic (exact) mass is 512 g/mol. The fourth-order valence-corrected chi connectivity index (χ4v) is 2.21. The Bertz CT molecular complexity index is 573. The number of imide groups is 1. The summed E-state index contributed by atoms with van der Waals surface area (Å²) in [5.74, 6) is 0.287. The van der Waals surface area contributed by atoms with E-state index >= 15 is 0 Å². The molecule has 1 fully saturated rings. The Morgan fingerprint density at radius 2 is 1.86 bits per heavy atom. The molecule has 28 heavy (non-hydrogen) atoms. The van der Waals surface area contributed by atoms with Crippen molar-refractivity contribution in [3.05, 3.63) is 0 Å². The first-order valence-electron chi connectivity index (χ1n) is 9.05. The van der Waals surface area contributed by atoms with E-state index in [0.29, 0.717) is 25.6 Å². The largest absolute Gasteiger partial charge is 0.444 e. The Balaban J connectivity index is 0.00000729. The van der Waals surface area contributed by atoms with Crippen molar-refractivity contribution in [2.45, 2.75) is 52.7 Å². The summed E-state index contributed by atoms with van der Waals surface area (Å²) in [7, 11) is 0. The Morgan fingerprint density at radius 3 is 2.36 bits per heavy atom. The number of hydrogen-bond acceptors (Lipinski definition) is 5. The summed E-state index contributed by atoms with van der Waals surface area (Å²) in [6.45, 7) is 12.6. The molecule has 0 aromatic carbocycles. The number of amides is 4. The number of nitrogens with zero attached hydrogens (tertiary/aromatic N) is 2. The van der Waals surface area contributed by atoms with Gasteiger partial charge < -0.3 is 26.0 Å². The number of carbonyl (C=O) groups excluding carboxylic acids is 3. The summed E-state index contributed by atoms with van der Waals surface area (Å²) in [6, 6.07) is -0.383. The first kappa shape index (κ1) is 26.2. The molecule has 0 radical (unpaired) electrons. The molecule has 0 bridgehead atoms. The average Bonchev–Trinajstić information content (AvgIpc) is 2.82. The third-order valence-electron chi connectivity index (χ3n) is 3.38. The lowest BCUT2D eigenvalue weighted by atomic mass is 10.1. The van der Waals surface area contributed by atoms with E-state index in [1.807, 2.05) is 20.8 Å². The number of rotatable bonds is 7. The van der Waals surface area contributed by atoms with Gasteiger partial charge in [-0.1, -0.05) is 0 Å². The van der Waals surface area contributed by atoms with Crippen molar-refractivity contribution in [1.29, 1.82) is 0 Å². The smallest absolute Gasteiger partial charge is 0.408 e. The molecule has 0 unspecified atom stereocenters. The molecular weight excluding hydrogens is 479 g/mol. The predicted octanol–water partition coefficient (Wildman–Crippen LogP) is 1.01. The Labute approximate surface area is 183 Å². The van der Waals surface area contributed by atoms with E-state index in [0.717, 1.165) is 4.90 Å². The highest BCUT2D eigenvalue weighted by Crippen LogP contribution is 2.09. The topological polar surface area (TPSA) is 124 Å². The second kappa shape index (κ2) is 11.3. The summed E-state index contributed by atoms with van der Waals surface area (Å²) in [5.41, 5.74) is -1.19. The minimum absolute atomic E-state index is 0. The molecule has 0 aromatic rings. The molecule has 0 aliphatic carbocycles. The van der Waals surface area contributed by atoms with Gasteiger partial charge >= 0.3 is 12.1 Å². The van der Waals surface area contributed by atoms with Crippen molar-refractivity contribution in [2.75, 3.05) is 32.7 Å². The highest BCUT2D eigenvalue weighted by Gasteiger charge is 2.28. The van der Waals surface area contributed by atoms with Gasteiger partial charge in [-0.15, -0.1) is 24.0 Å². The lowest BCUT2D eigenvalue weighted by molar-refractivity contribution is -0.124. The van der Waals surface area contributed by atoms with Crippen LogP contribution in [-0.2, 0) is 9.53 Å². The normalized spacial score (nSPS) is 14.9. The summed E-state index contributed by atoms with van der Waals surface area (Å²) in [5, 5.41) is 11.4. The molecule has 4 amide bonds. The number of alkyl carbamates (subject to hydrolysis) is 1. The third-order valence-corrected chi connectivity index (χ3v) is 3.38. The SMILES string of the molecule is CCNC(=NCC(C)(C)NC(=O)OC(C)(C)C)NCCN1C(=O)CNC1=O.I. The number of urea groups is 1. The highest BCUT2D eigenvalue weighted by atomic mass is 127. The number of guanidine groups is 1. The van der Waals surface area contributed by atoms with E-state index < -0.39 is 17.2 Å². The lowest BCUT2D eigenvalue weighted by Crippen LogP contribution is -2.49. The van der Waals surface area contributed by atoms with Crippen LogP contribution in [0.25, 0.3) is 0 Å². The second-order valence-electron chi connectivity index (χ2n) is 7.84. The van der Waals surface area contributed by atoms with E-state index in [4.69, 9.17) is 4.74 Å². The van der Waals surface area contributed by atoms with Crippen molar-refractivity contribution in [2.24, 2.45) is 4.99 Å². The van der Waals surface area contributed by atoms with Gasteiger partial charge in [-0.05, 0) is 41.5 Å². The Hall–Kier alpha value is -1.79. The molecule has 0 aromatic heterocycles. The van der Waals surface area contributed by atoms with Crippen molar-refractivity contribution in [3.63, 3.8) is 0 Å². The van der Waals surface area contributed by atoms with E-state index in [2.05, 4.69) is 26.3 Å². The molecule has 162 valence electrons. The predicted molar refractivity (Wildman–Crippen MR) is 118 cm³/mol. The molecule has 1 rings (SSSR count). The van der Waals surface area contributed by atoms with Crippen molar-refractivity contribution in [3.8, 4) is 0 Å². The lowest BCUT2D eigenvalue weighted by Gasteiger charge is -2.27. The summed E-state index contributed by atoms with van der Waals surface area (Å²) < 4.78 is 5.26. The van der Waals surface area contributed by atoms with Gasteiger partial charge in [0.05, 0.1) is 18.6 Å². The Morgan fingerprint density at radius 1 is 1.21 bits per heavy atom. The van der Waals surface area contributed by atoms with Crippen LogP contribution in [0.15, 0.2) is 4.99 Å².